The number of anilines is 1. The molecule has 0 bridgehead atoms. The number of hydrogen-bond acceptors (Lipinski definition) is 7. The van der Waals surface area contributed by atoms with Gasteiger partial charge in [0.1, 0.15) is 5.82 Å². The first-order valence-electron chi connectivity index (χ1n) is 12.6. The van der Waals surface area contributed by atoms with E-state index < -0.39 is 0 Å². The van der Waals surface area contributed by atoms with Gasteiger partial charge in [0.2, 0.25) is 0 Å². The molecule has 192 valence electrons. The summed E-state index contributed by atoms with van der Waals surface area (Å²) in [6, 6.07) is 19.2. The SMILES string of the molecule is COc1cccc(CCOc2nc(N3CCOCC3)c3cc(-c4cc(C)cc(C)c4)ccc3n2)c1OC. The molecule has 0 amide bonds. The Hall–Kier alpha value is -3.84. The van der Waals surface area contributed by atoms with Gasteiger partial charge in [0.05, 0.1) is 39.6 Å². The number of ether oxygens (including phenoxy) is 4. The average molecular weight is 500 g/mol. The summed E-state index contributed by atoms with van der Waals surface area (Å²) in [5.41, 5.74) is 6.70. The Kier molecular flexibility index (Phi) is 7.42. The molecule has 3 aromatic carbocycles. The fourth-order valence-electron chi connectivity index (χ4n) is 4.90. The van der Waals surface area contributed by atoms with E-state index in [0.29, 0.717) is 38.0 Å². The molecule has 0 radical (unpaired) electrons. The normalized spacial score (nSPS) is 13.6. The van der Waals surface area contributed by atoms with Gasteiger partial charge >= 0.3 is 6.01 Å². The predicted molar refractivity (Wildman–Crippen MR) is 146 cm³/mol. The molecule has 1 fully saturated rings. The summed E-state index contributed by atoms with van der Waals surface area (Å²) in [7, 11) is 3.29. The van der Waals surface area contributed by atoms with Crippen LogP contribution in [0.25, 0.3) is 22.0 Å². The minimum Gasteiger partial charge on any atom is -0.493 e. The molecule has 1 aliphatic rings. The maximum atomic E-state index is 6.09. The van der Waals surface area contributed by atoms with Gasteiger partial charge in [-0.1, -0.05) is 47.5 Å². The molecule has 7 nitrogen and oxygen atoms in total. The van der Waals surface area contributed by atoms with Crippen molar-refractivity contribution < 1.29 is 18.9 Å². The third-order valence-electron chi connectivity index (χ3n) is 6.61. The van der Waals surface area contributed by atoms with E-state index in [9.17, 15) is 0 Å². The van der Waals surface area contributed by atoms with Crippen molar-refractivity contribution in [1.82, 2.24) is 9.97 Å². The lowest BCUT2D eigenvalue weighted by Crippen LogP contribution is -2.37. The number of para-hydroxylation sites is 1. The number of aromatic nitrogens is 2. The molecule has 0 N–H and O–H groups in total. The number of hydrogen-bond donors (Lipinski definition) is 0. The molecule has 1 aromatic heterocycles. The lowest BCUT2D eigenvalue weighted by atomic mass is 9.99. The lowest BCUT2D eigenvalue weighted by Gasteiger charge is -2.29. The number of fused-ring (bicyclic) bond motifs is 1. The van der Waals surface area contributed by atoms with E-state index in [4.69, 9.17) is 28.9 Å². The maximum Gasteiger partial charge on any atom is 0.318 e. The van der Waals surface area contributed by atoms with Gasteiger partial charge in [0.15, 0.2) is 11.5 Å². The summed E-state index contributed by atoms with van der Waals surface area (Å²) < 4.78 is 22.7. The van der Waals surface area contributed by atoms with Crippen LogP contribution in [0, 0.1) is 13.8 Å². The number of benzene rings is 3. The number of rotatable bonds is 8. The summed E-state index contributed by atoms with van der Waals surface area (Å²) >= 11 is 0. The molecule has 7 heteroatoms. The summed E-state index contributed by atoms with van der Waals surface area (Å²) in [6.07, 6.45) is 0.639. The van der Waals surface area contributed by atoms with Crippen LogP contribution in [-0.4, -0.2) is 57.1 Å². The molecule has 4 aromatic rings. The van der Waals surface area contributed by atoms with E-state index in [1.54, 1.807) is 14.2 Å². The van der Waals surface area contributed by atoms with Crippen LogP contribution < -0.4 is 19.1 Å². The van der Waals surface area contributed by atoms with Gasteiger partial charge in [0, 0.05) is 30.5 Å². The zero-order valence-electron chi connectivity index (χ0n) is 21.9. The Balaban J connectivity index is 1.46. The van der Waals surface area contributed by atoms with Crippen LogP contribution >= 0.6 is 0 Å². The summed E-state index contributed by atoms with van der Waals surface area (Å²) in [5.74, 6) is 2.31. The molecule has 0 unspecified atom stereocenters. The highest BCUT2D eigenvalue weighted by Crippen LogP contribution is 2.33. The average Bonchev–Trinajstić information content (AvgIpc) is 2.92. The van der Waals surface area contributed by atoms with Crippen LogP contribution in [0.1, 0.15) is 16.7 Å². The van der Waals surface area contributed by atoms with Gasteiger partial charge in [-0.2, -0.15) is 9.97 Å². The van der Waals surface area contributed by atoms with Crippen molar-refractivity contribution in [3.05, 3.63) is 71.3 Å². The minimum absolute atomic E-state index is 0.370. The largest absolute Gasteiger partial charge is 0.493 e. The van der Waals surface area contributed by atoms with Crippen molar-refractivity contribution in [3.8, 4) is 28.6 Å². The van der Waals surface area contributed by atoms with Gasteiger partial charge in [-0.3, -0.25) is 0 Å². The smallest absolute Gasteiger partial charge is 0.318 e. The van der Waals surface area contributed by atoms with Crippen molar-refractivity contribution in [3.63, 3.8) is 0 Å². The molecule has 0 aliphatic carbocycles. The second-order valence-corrected chi connectivity index (χ2v) is 9.29. The first-order valence-corrected chi connectivity index (χ1v) is 12.6. The zero-order valence-corrected chi connectivity index (χ0v) is 21.9. The molecule has 1 saturated heterocycles. The topological polar surface area (TPSA) is 65.9 Å². The van der Waals surface area contributed by atoms with E-state index in [1.165, 1.54) is 16.7 Å². The van der Waals surface area contributed by atoms with Gasteiger partial charge in [-0.05, 0) is 43.2 Å². The van der Waals surface area contributed by atoms with Crippen LogP contribution in [0.3, 0.4) is 0 Å². The molecule has 0 saturated carbocycles. The minimum atomic E-state index is 0.370. The Labute approximate surface area is 218 Å². The molecular formula is C30H33N3O4. The molecule has 5 rings (SSSR count). The van der Waals surface area contributed by atoms with E-state index in [-0.39, 0.29) is 0 Å². The fourth-order valence-corrected chi connectivity index (χ4v) is 4.90. The van der Waals surface area contributed by atoms with Gasteiger partial charge in [-0.15, -0.1) is 0 Å². The summed E-state index contributed by atoms with van der Waals surface area (Å²) in [5, 5.41) is 1.01. The van der Waals surface area contributed by atoms with Crippen LogP contribution in [0.5, 0.6) is 17.5 Å². The van der Waals surface area contributed by atoms with E-state index in [0.717, 1.165) is 46.7 Å². The number of aryl methyl sites for hydroxylation is 2. The highest BCUT2D eigenvalue weighted by atomic mass is 16.5. The van der Waals surface area contributed by atoms with Crippen LogP contribution in [0.15, 0.2) is 54.6 Å². The molecular weight excluding hydrogens is 466 g/mol. The summed E-state index contributed by atoms with van der Waals surface area (Å²) in [6.45, 7) is 7.58. The maximum absolute atomic E-state index is 6.09. The van der Waals surface area contributed by atoms with Crippen LogP contribution in [0.4, 0.5) is 5.82 Å². The monoisotopic (exact) mass is 499 g/mol. The van der Waals surface area contributed by atoms with Gasteiger partial charge < -0.3 is 23.8 Å². The fraction of sp³-hybridized carbons (Fsp3) is 0.333. The number of morpholine rings is 1. The van der Waals surface area contributed by atoms with Gasteiger partial charge in [0.25, 0.3) is 0 Å². The first kappa shape index (κ1) is 24.8. The Morgan fingerprint density at radius 2 is 1.65 bits per heavy atom. The predicted octanol–water partition coefficient (Wildman–Crippen LogP) is 5.39. The summed E-state index contributed by atoms with van der Waals surface area (Å²) in [4.78, 5) is 11.9. The molecule has 2 heterocycles. The highest BCUT2D eigenvalue weighted by Gasteiger charge is 2.19. The van der Waals surface area contributed by atoms with Crippen molar-refractivity contribution in [1.29, 1.82) is 0 Å². The molecule has 0 atom stereocenters. The van der Waals surface area contributed by atoms with Crippen LogP contribution in [-0.2, 0) is 11.2 Å². The number of nitrogens with zero attached hydrogens (tertiary/aromatic N) is 3. The number of methoxy groups -OCH3 is 2. The Morgan fingerprint density at radius 3 is 2.38 bits per heavy atom. The van der Waals surface area contributed by atoms with E-state index in [2.05, 4.69) is 55.1 Å². The third-order valence-corrected chi connectivity index (χ3v) is 6.61. The first-order chi connectivity index (χ1) is 18.1. The van der Waals surface area contributed by atoms with Crippen molar-refractivity contribution in [2.75, 3.05) is 52.0 Å². The quantitative estimate of drug-likeness (QED) is 0.322. The molecule has 0 spiro atoms. The lowest BCUT2D eigenvalue weighted by molar-refractivity contribution is 0.122. The Bertz CT molecular complexity index is 1380. The van der Waals surface area contributed by atoms with Gasteiger partial charge in [-0.25, -0.2) is 0 Å². The Morgan fingerprint density at radius 1 is 0.865 bits per heavy atom. The standard InChI is InChI=1S/C30H33N3O4/c1-20-16-21(2)18-24(17-20)23-8-9-26-25(19-23)29(33-11-14-36-15-12-33)32-30(31-26)37-13-10-22-6-5-7-27(34-3)28(22)35-4/h5-9,16-19H,10-15H2,1-4H3. The van der Waals surface area contributed by atoms with E-state index in [1.807, 2.05) is 18.2 Å². The van der Waals surface area contributed by atoms with E-state index >= 15 is 0 Å². The third kappa shape index (κ3) is 5.47. The molecule has 37 heavy (non-hydrogen) atoms. The second kappa shape index (κ2) is 11.0. The van der Waals surface area contributed by atoms with Crippen molar-refractivity contribution in [2.45, 2.75) is 20.3 Å². The molecule has 1 aliphatic heterocycles. The second-order valence-electron chi connectivity index (χ2n) is 9.29. The van der Waals surface area contributed by atoms with Crippen molar-refractivity contribution in [2.24, 2.45) is 0 Å². The van der Waals surface area contributed by atoms with Crippen LogP contribution in [0.2, 0.25) is 0 Å². The highest BCUT2D eigenvalue weighted by molar-refractivity contribution is 5.93. The zero-order chi connectivity index (χ0) is 25.8. The van der Waals surface area contributed by atoms with Crippen molar-refractivity contribution >= 4 is 16.7 Å².